The summed E-state index contributed by atoms with van der Waals surface area (Å²) in [7, 11) is 0. The molecule has 0 spiro atoms. The zero-order chi connectivity index (χ0) is 18.1. The molecule has 0 saturated carbocycles. The Morgan fingerprint density at radius 2 is 2.19 bits per heavy atom. The number of piperidine rings is 1. The molecule has 1 aliphatic heterocycles. The van der Waals surface area contributed by atoms with Crippen LogP contribution in [-0.2, 0) is 11.3 Å². The molecule has 0 aliphatic carbocycles. The Bertz CT molecular complexity index is 930. The van der Waals surface area contributed by atoms with Crippen LogP contribution in [0.2, 0.25) is 5.02 Å². The Morgan fingerprint density at radius 3 is 2.92 bits per heavy atom. The summed E-state index contributed by atoms with van der Waals surface area (Å²) in [5.74, 6) is 0.662. The third kappa shape index (κ3) is 3.43. The number of nitrogen functional groups attached to an aromatic ring is 1. The first kappa shape index (κ1) is 16.6. The highest BCUT2D eigenvalue weighted by Crippen LogP contribution is 2.28. The molecular weight excluding hydrogens is 358 g/mol. The second kappa shape index (κ2) is 6.83. The van der Waals surface area contributed by atoms with E-state index in [0.29, 0.717) is 35.5 Å². The van der Waals surface area contributed by atoms with E-state index in [2.05, 4.69) is 30.4 Å². The van der Waals surface area contributed by atoms with E-state index >= 15 is 0 Å². The summed E-state index contributed by atoms with van der Waals surface area (Å²) >= 11 is 5.98. The van der Waals surface area contributed by atoms with E-state index in [1.807, 2.05) is 6.07 Å². The largest absolute Gasteiger partial charge is 0.423 e. The number of hydrogen-bond donors (Lipinski definition) is 3. The van der Waals surface area contributed by atoms with Gasteiger partial charge in [-0.1, -0.05) is 11.6 Å². The number of aromatic nitrogens is 4. The summed E-state index contributed by atoms with van der Waals surface area (Å²) in [6, 6.07) is 5.94. The predicted molar refractivity (Wildman–Crippen MR) is 96.6 cm³/mol. The van der Waals surface area contributed by atoms with Crippen molar-refractivity contribution in [3.8, 4) is 0 Å². The standard InChI is InChI=1S/C16H18ClN7O2/c17-10-1-2-11-12(7-10)26-16(20-11)24-5-3-9(4-6-24)14(25)19-8-13-21-15(18)23-22-13/h1-2,7,9H,3-6,8H2,(H,19,25)(H3,18,21,22,23). The second-order valence-corrected chi connectivity index (χ2v) is 6.66. The summed E-state index contributed by atoms with van der Waals surface area (Å²) in [5.41, 5.74) is 6.88. The molecular formula is C16H18ClN7O2. The van der Waals surface area contributed by atoms with Crippen molar-refractivity contribution in [3.05, 3.63) is 29.0 Å². The number of oxazole rings is 1. The number of halogens is 1. The fraction of sp³-hybridized carbons (Fsp3) is 0.375. The summed E-state index contributed by atoms with van der Waals surface area (Å²) in [4.78, 5) is 22.8. The van der Waals surface area contributed by atoms with Gasteiger partial charge in [-0.2, -0.15) is 9.97 Å². The minimum atomic E-state index is -0.0506. The smallest absolute Gasteiger partial charge is 0.298 e. The van der Waals surface area contributed by atoms with Gasteiger partial charge in [0.15, 0.2) is 5.58 Å². The number of hydrogen-bond acceptors (Lipinski definition) is 7. The molecule has 0 atom stereocenters. The number of nitrogens with two attached hydrogens (primary N) is 1. The van der Waals surface area contributed by atoms with Gasteiger partial charge >= 0.3 is 0 Å². The first-order valence-corrected chi connectivity index (χ1v) is 8.72. The molecule has 1 aliphatic rings. The quantitative estimate of drug-likeness (QED) is 0.633. The van der Waals surface area contributed by atoms with Crippen LogP contribution in [0.25, 0.3) is 11.1 Å². The number of rotatable bonds is 4. The SMILES string of the molecule is Nc1n[nH]c(CNC(=O)C2CCN(c3nc4ccc(Cl)cc4o3)CC2)n1. The van der Waals surface area contributed by atoms with E-state index in [1.54, 1.807) is 12.1 Å². The number of anilines is 2. The van der Waals surface area contributed by atoms with E-state index in [9.17, 15) is 4.79 Å². The maximum atomic E-state index is 12.3. The zero-order valence-corrected chi connectivity index (χ0v) is 14.7. The van der Waals surface area contributed by atoms with Crippen molar-refractivity contribution in [3.63, 3.8) is 0 Å². The highest BCUT2D eigenvalue weighted by atomic mass is 35.5. The molecule has 26 heavy (non-hydrogen) atoms. The van der Waals surface area contributed by atoms with E-state index in [4.69, 9.17) is 21.8 Å². The number of aromatic amines is 1. The Labute approximate surface area is 153 Å². The Morgan fingerprint density at radius 1 is 1.38 bits per heavy atom. The van der Waals surface area contributed by atoms with Gasteiger partial charge in [0.2, 0.25) is 11.9 Å². The van der Waals surface area contributed by atoms with Gasteiger partial charge in [-0.05, 0) is 25.0 Å². The Hall–Kier alpha value is -2.81. The van der Waals surface area contributed by atoms with Gasteiger partial charge < -0.3 is 20.4 Å². The minimum absolute atomic E-state index is 0.00367. The van der Waals surface area contributed by atoms with E-state index in [-0.39, 0.29) is 24.3 Å². The summed E-state index contributed by atoms with van der Waals surface area (Å²) in [6.07, 6.45) is 1.45. The summed E-state index contributed by atoms with van der Waals surface area (Å²) in [5, 5.41) is 9.88. The first-order valence-electron chi connectivity index (χ1n) is 8.34. The van der Waals surface area contributed by atoms with E-state index in [0.717, 1.165) is 18.4 Å². The molecule has 10 heteroatoms. The lowest BCUT2D eigenvalue weighted by Crippen LogP contribution is -2.40. The van der Waals surface area contributed by atoms with Gasteiger partial charge in [-0.25, -0.2) is 0 Å². The van der Waals surface area contributed by atoms with Crippen molar-refractivity contribution in [2.75, 3.05) is 23.7 Å². The third-order valence-electron chi connectivity index (χ3n) is 4.45. The topological polar surface area (TPSA) is 126 Å². The lowest BCUT2D eigenvalue weighted by molar-refractivity contribution is -0.125. The average Bonchev–Trinajstić information content (AvgIpc) is 3.25. The van der Waals surface area contributed by atoms with Crippen LogP contribution in [0.1, 0.15) is 18.7 Å². The molecule has 1 amide bonds. The van der Waals surface area contributed by atoms with Crippen molar-refractivity contribution in [2.24, 2.45) is 5.92 Å². The van der Waals surface area contributed by atoms with Gasteiger partial charge in [0.05, 0.1) is 6.54 Å². The van der Waals surface area contributed by atoms with Crippen LogP contribution in [0.5, 0.6) is 0 Å². The number of fused-ring (bicyclic) bond motifs is 1. The van der Waals surface area contributed by atoms with Crippen molar-refractivity contribution in [1.29, 1.82) is 0 Å². The van der Waals surface area contributed by atoms with Gasteiger partial charge in [-0.3, -0.25) is 9.89 Å². The molecule has 3 heterocycles. The van der Waals surface area contributed by atoms with E-state index in [1.165, 1.54) is 0 Å². The number of amides is 1. The van der Waals surface area contributed by atoms with Crippen molar-refractivity contribution < 1.29 is 9.21 Å². The molecule has 1 aromatic carbocycles. The second-order valence-electron chi connectivity index (χ2n) is 6.23. The fourth-order valence-electron chi connectivity index (χ4n) is 3.06. The highest BCUT2D eigenvalue weighted by molar-refractivity contribution is 6.31. The average molecular weight is 376 g/mol. The van der Waals surface area contributed by atoms with Gasteiger partial charge in [0.25, 0.3) is 6.01 Å². The highest BCUT2D eigenvalue weighted by Gasteiger charge is 2.27. The number of nitrogens with zero attached hydrogens (tertiary/aromatic N) is 4. The normalized spacial score (nSPS) is 15.5. The van der Waals surface area contributed by atoms with Crippen LogP contribution in [0.3, 0.4) is 0 Å². The Balaban J connectivity index is 1.33. The van der Waals surface area contributed by atoms with Gasteiger partial charge in [0, 0.05) is 30.1 Å². The fourth-order valence-corrected chi connectivity index (χ4v) is 3.22. The molecule has 0 radical (unpaired) electrons. The number of carbonyl (C=O) groups excluding carboxylic acids is 1. The van der Waals surface area contributed by atoms with Gasteiger partial charge in [0.1, 0.15) is 11.3 Å². The molecule has 1 saturated heterocycles. The molecule has 136 valence electrons. The van der Waals surface area contributed by atoms with Crippen LogP contribution in [-0.4, -0.2) is 39.2 Å². The molecule has 3 aromatic rings. The molecule has 1 fully saturated rings. The first-order chi connectivity index (χ1) is 12.6. The van der Waals surface area contributed by atoms with Crippen LogP contribution < -0.4 is 16.0 Å². The maximum absolute atomic E-state index is 12.3. The van der Waals surface area contributed by atoms with Crippen LogP contribution in [0, 0.1) is 5.92 Å². The monoisotopic (exact) mass is 375 g/mol. The zero-order valence-electron chi connectivity index (χ0n) is 13.9. The van der Waals surface area contributed by atoms with Crippen molar-refractivity contribution in [2.45, 2.75) is 19.4 Å². The summed E-state index contributed by atoms with van der Waals surface area (Å²) in [6.45, 7) is 1.69. The molecule has 4 rings (SSSR count). The van der Waals surface area contributed by atoms with Gasteiger partial charge in [-0.15, -0.1) is 5.10 Å². The number of H-pyrrole nitrogens is 1. The molecule has 9 nitrogen and oxygen atoms in total. The molecule has 4 N–H and O–H groups in total. The van der Waals surface area contributed by atoms with E-state index < -0.39 is 0 Å². The Kier molecular flexibility index (Phi) is 4.37. The lowest BCUT2D eigenvalue weighted by Gasteiger charge is -2.30. The van der Waals surface area contributed by atoms with Crippen LogP contribution in [0.4, 0.5) is 12.0 Å². The molecule has 0 unspecified atom stereocenters. The number of carbonyl (C=O) groups is 1. The van der Waals surface area contributed by atoms with Crippen molar-refractivity contribution >= 4 is 40.6 Å². The number of benzene rings is 1. The third-order valence-corrected chi connectivity index (χ3v) is 4.69. The van der Waals surface area contributed by atoms with Crippen molar-refractivity contribution in [1.82, 2.24) is 25.5 Å². The maximum Gasteiger partial charge on any atom is 0.298 e. The minimum Gasteiger partial charge on any atom is -0.423 e. The predicted octanol–water partition coefficient (Wildman–Crippen LogP) is 1.71. The molecule has 2 aromatic heterocycles. The summed E-state index contributed by atoms with van der Waals surface area (Å²) < 4.78 is 5.79. The van der Waals surface area contributed by atoms with Crippen LogP contribution >= 0.6 is 11.6 Å². The van der Waals surface area contributed by atoms with Crippen LogP contribution in [0.15, 0.2) is 22.6 Å². The lowest BCUT2D eigenvalue weighted by atomic mass is 9.96. The molecule has 0 bridgehead atoms. The number of nitrogens with one attached hydrogen (secondary N) is 2.